The highest BCUT2D eigenvalue weighted by Crippen LogP contribution is 2.31. The second kappa shape index (κ2) is 6.21. The average Bonchev–Trinajstić information content (AvgIpc) is 2.73. The minimum absolute atomic E-state index is 0.154. The van der Waals surface area contributed by atoms with Crippen LogP contribution in [-0.2, 0) is 15.8 Å². The molecule has 0 bridgehead atoms. The van der Waals surface area contributed by atoms with Crippen molar-refractivity contribution in [1.82, 2.24) is 10.3 Å². The van der Waals surface area contributed by atoms with E-state index in [-0.39, 0.29) is 11.0 Å². The summed E-state index contributed by atoms with van der Waals surface area (Å²) in [7, 11) is 0. The van der Waals surface area contributed by atoms with E-state index in [9.17, 15) is 22.8 Å². The predicted octanol–water partition coefficient (Wildman–Crippen LogP) is 2.26. The first kappa shape index (κ1) is 16.4. The number of anilines is 1. The number of carbonyl (C=O) groups excluding carboxylic acids is 2. The lowest BCUT2D eigenvalue weighted by atomic mass is 10.0. The van der Waals surface area contributed by atoms with Crippen LogP contribution in [0.5, 0.6) is 0 Å². The van der Waals surface area contributed by atoms with Gasteiger partial charge in [-0.25, -0.2) is 4.98 Å². The van der Waals surface area contributed by atoms with E-state index in [0.717, 1.165) is 5.38 Å². The molecule has 0 aliphatic rings. The highest BCUT2D eigenvalue weighted by Gasteiger charge is 2.34. The molecule has 0 saturated carbocycles. The number of alkyl halides is 3. The molecule has 5 nitrogen and oxygen atoms in total. The number of rotatable bonds is 4. The van der Waals surface area contributed by atoms with Crippen LogP contribution in [0.15, 0.2) is 5.38 Å². The van der Waals surface area contributed by atoms with Gasteiger partial charge in [0.15, 0.2) is 10.8 Å². The fourth-order valence-electron chi connectivity index (χ4n) is 1.40. The Morgan fingerprint density at radius 3 is 2.35 bits per heavy atom. The first-order chi connectivity index (χ1) is 9.11. The van der Waals surface area contributed by atoms with E-state index >= 15 is 0 Å². The van der Waals surface area contributed by atoms with Gasteiger partial charge in [-0.2, -0.15) is 13.2 Å². The maximum absolute atomic E-state index is 12.4. The fraction of sp³-hybridized carbons (Fsp3) is 0.545. The summed E-state index contributed by atoms with van der Waals surface area (Å²) >= 11 is 0.677. The molecule has 2 amide bonds. The van der Waals surface area contributed by atoms with E-state index in [2.05, 4.69) is 15.6 Å². The number of amides is 2. The summed E-state index contributed by atoms with van der Waals surface area (Å²) in [5.41, 5.74) is -1.06. The molecule has 1 aromatic heterocycles. The van der Waals surface area contributed by atoms with Crippen LogP contribution >= 0.6 is 11.3 Å². The molecule has 1 atom stereocenters. The standard InChI is InChI=1S/C11H14F3N3O2S/c1-5(2)8(15-6(3)18)9(19)17-10-16-7(4-20-10)11(12,13)14/h4-5,8H,1-3H3,(H,15,18)(H,16,17,19). The van der Waals surface area contributed by atoms with Gasteiger partial charge >= 0.3 is 6.18 Å². The second-order valence-corrected chi connectivity index (χ2v) is 5.31. The lowest BCUT2D eigenvalue weighted by Crippen LogP contribution is -2.46. The number of nitrogens with zero attached hydrogens (tertiary/aromatic N) is 1. The third kappa shape index (κ3) is 4.48. The van der Waals surface area contributed by atoms with E-state index in [1.165, 1.54) is 6.92 Å². The van der Waals surface area contributed by atoms with E-state index in [1.807, 2.05) is 0 Å². The minimum atomic E-state index is -4.55. The van der Waals surface area contributed by atoms with Crippen LogP contribution < -0.4 is 10.6 Å². The van der Waals surface area contributed by atoms with Crippen molar-refractivity contribution in [3.8, 4) is 0 Å². The molecule has 1 unspecified atom stereocenters. The van der Waals surface area contributed by atoms with Crippen LogP contribution in [0.3, 0.4) is 0 Å². The van der Waals surface area contributed by atoms with Crippen molar-refractivity contribution in [2.75, 3.05) is 5.32 Å². The average molecular weight is 309 g/mol. The van der Waals surface area contributed by atoms with E-state index in [0.29, 0.717) is 11.3 Å². The van der Waals surface area contributed by atoms with Crippen LogP contribution in [0.2, 0.25) is 0 Å². The molecule has 0 aliphatic carbocycles. The summed E-state index contributed by atoms with van der Waals surface area (Å²) in [6.45, 7) is 4.68. The molecule has 0 saturated heterocycles. The Morgan fingerprint density at radius 2 is 1.95 bits per heavy atom. The van der Waals surface area contributed by atoms with Gasteiger partial charge in [-0.05, 0) is 5.92 Å². The van der Waals surface area contributed by atoms with Gasteiger partial charge in [0.05, 0.1) is 0 Å². The molecular weight excluding hydrogens is 295 g/mol. The predicted molar refractivity (Wildman–Crippen MR) is 68.2 cm³/mol. The molecular formula is C11H14F3N3O2S. The highest BCUT2D eigenvalue weighted by atomic mass is 32.1. The van der Waals surface area contributed by atoms with Gasteiger partial charge in [0.1, 0.15) is 6.04 Å². The SMILES string of the molecule is CC(=O)NC(C(=O)Nc1nc(C(F)(F)F)cs1)C(C)C. The fourth-order valence-corrected chi connectivity index (χ4v) is 2.12. The van der Waals surface area contributed by atoms with Crippen molar-refractivity contribution in [3.05, 3.63) is 11.1 Å². The Bertz CT molecular complexity index is 499. The number of hydrogen-bond acceptors (Lipinski definition) is 4. The number of carbonyl (C=O) groups is 2. The number of nitrogens with one attached hydrogen (secondary N) is 2. The van der Waals surface area contributed by atoms with Gasteiger partial charge in [0, 0.05) is 12.3 Å². The molecule has 1 rings (SSSR count). The third-order valence-corrected chi connectivity index (χ3v) is 3.09. The third-order valence-electron chi connectivity index (χ3n) is 2.33. The Labute approximate surface area is 117 Å². The summed E-state index contributed by atoms with van der Waals surface area (Å²) in [5, 5.41) is 5.38. The number of aromatic nitrogens is 1. The molecule has 0 radical (unpaired) electrons. The monoisotopic (exact) mass is 309 g/mol. The minimum Gasteiger partial charge on any atom is -0.344 e. The summed E-state index contributed by atoms with van der Waals surface area (Å²) < 4.78 is 37.1. The number of halogens is 3. The lowest BCUT2D eigenvalue weighted by Gasteiger charge is -2.20. The molecule has 1 heterocycles. The zero-order valence-electron chi connectivity index (χ0n) is 11.0. The zero-order chi connectivity index (χ0) is 15.5. The summed E-state index contributed by atoms with van der Waals surface area (Å²) in [5.74, 6) is -1.20. The van der Waals surface area contributed by atoms with Crippen molar-refractivity contribution in [2.24, 2.45) is 5.92 Å². The van der Waals surface area contributed by atoms with Crippen molar-refractivity contribution in [3.63, 3.8) is 0 Å². The Balaban J connectivity index is 2.78. The maximum atomic E-state index is 12.4. The Morgan fingerprint density at radius 1 is 1.35 bits per heavy atom. The van der Waals surface area contributed by atoms with Crippen LogP contribution in [0.25, 0.3) is 0 Å². The molecule has 20 heavy (non-hydrogen) atoms. The molecule has 112 valence electrons. The van der Waals surface area contributed by atoms with Crippen LogP contribution in [0, 0.1) is 5.92 Å². The Kier molecular flexibility index (Phi) is 5.09. The van der Waals surface area contributed by atoms with Crippen LogP contribution in [0.4, 0.5) is 18.3 Å². The van der Waals surface area contributed by atoms with Crippen molar-refractivity contribution < 1.29 is 22.8 Å². The molecule has 1 aromatic rings. The van der Waals surface area contributed by atoms with Gasteiger partial charge in [-0.1, -0.05) is 13.8 Å². The molecule has 0 spiro atoms. The molecule has 2 N–H and O–H groups in total. The second-order valence-electron chi connectivity index (χ2n) is 4.45. The summed E-state index contributed by atoms with van der Waals surface area (Å²) in [6.07, 6.45) is -4.55. The van der Waals surface area contributed by atoms with Crippen molar-refractivity contribution >= 4 is 28.3 Å². The van der Waals surface area contributed by atoms with E-state index in [1.54, 1.807) is 13.8 Å². The molecule has 0 fully saturated rings. The topological polar surface area (TPSA) is 71.1 Å². The highest BCUT2D eigenvalue weighted by molar-refractivity contribution is 7.13. The first-order valence-corrected chi connectivity index (χ1v) is 6.60. The molecule has 0 aromatic carbocycles. The van der Waals surface area contributed by atoms with Gasteiger partial charge in [-0.15, -0.1) is 11.3 Å². The van der Waals surface area contributed by atoms with Crippen molar-refractivity contribution in [2.45, 2.75) is 33.0 Å². The quantitative estimate of drug-likeness (QED) is 0.896. The number of hydrogen-bond donors (Lipinski definition) is 2. The smallest absolute Gasteiger partial charge is 0.344 e. The summed E-state index contributed by atoms with van der Waals surface area (Å²) in [6, 6.07) is -0.828. The van der Waals surface area contributed by atoms with Gasteiger partial charge in [0.25, 0.3) is 0 Å². The summed E-state index contributed by atoms with van der Waals surface area (Å²) in [4.78, 5) is 26.2. The molecule has 9 heteroatoms. The lowest BCUT2D eigenvalue weighted by molar-refractivity contribution is -0.140. The maximum Gasteiger partial charge on any atom is 0.434 e. The zero-order valence-corrected chi connectivity index (χ0v) is 11.9. The van der Waals surface area contributed by atoms with Gasteiger partial charge in [-0.3, -0.25) is 9.59 Å². The molecule has 0 aliphatic heterocycles. The van der Waals surface area contributed by atoms with E-state index in [4.69, 9.17) is 0 Å². The van der Waals surface area contributed by atoms with Gasteiger partial charge in [0.2, 0.25) is 11.8 Å². The van der Waals surface area contributed by atoms with Crippen LogP contribution in [-0.4, -0.2) is 22.8 Å². The van der Waals surface area contributed by atoms with Crippen LogP contribution in [0.1, 0.15) is 26.5 Å². The van der Waals surface area contributed by atoms with Gasteiger partial charge < -0.3 is 10.6 Å². The van der Waals surface area contributed by atoms with Crippen molar-refractivity contribution in [1.29, 1.82) is 0 Å². The Hall–Kier alpha value is -1.64. The largest absolute Gasteiger partial charge is 0.434 e. The first-order valence-electron chi connectivity index (χ1n) is 5.72. The normalized spacial score (nSPS) is 13.2. The van der Waals surface area contributed by atoms with E-state index < -0.39 is 29.7 Å². The number of thiazole rings is 1.